The Morgan fingerprint density at radius 1 is 0.359 bits per heavy atom. The van der Waals surface area contributed by atoms with Gasteiger partial charge in [-0.1, -0.05) is 237 Å². The molecule has 2 unspecified atom stereocenters. The molecule has 0 aliphatic heterocycles. The van der Waals surface area contributed by atoms with Crippen molar-refractivity contribution in [2.24, 2.45) is 5.41 Å². The summed E-state index contributed by atoms with van der Waals surface area (Å²) in [7, 11) is 0. The molecule has 9 aromatic rings. The molecule has 0 radical (unpaired) electrons. The highest BCUT2D eigenvalue weighted by molar-refractivity contribution is 5.98. The molecule has 0 fully saturated rings. The van der Waals surface area contributed by atoms with Gasteiger partial charge in [0.05, 0.1) is 27.9 Å². The van der Waals surface area contributed by atoms with Gasteiger partial charge in [0, 0.05) is 22.5 Å². The van der Waals surface area contributed by atoms with Gasteiger partial charge in [-0.25, -0.2) is 0 Å². The Bertz CT molecular complexity index is 3250. The maximum Gasteiger partial charge on any atom is 0.0720 e. The Morgan fingerprint density at radius 3 is 1.42 bits per heavy atom. The second-order valence-corrected chi connectivity index (χ2v) is 18.0. The third-order valence-electron chi connectivity index (χ3n) is 15.2. The van der Waals surface area contributed by atoms with Crippen LogP contribution in [0.5, 0.6) is 0 Å². The van der Waals surface area contributed by atoms with Crippen molar-refractivity contribution >= 4 is 17.1 Å². The van der Waals surface area contributed by atoms with Crippen LogP contribution in [0.3, 0.4) is 0 Å². The van der Waals surface area contributed by atoms with Crippen LogP contribution in [-0.2, 0) is 10.8 Å². The van der Waals surface area contributed by atoms with Crippen LogP contribution in [0.25, 0.3) is 33.4 Å². The van der Waals surface area contributed by atoms with Gasteiger partial charge in [0.1, 0.15) is 0 Å². The number of rotatable bonds is 5. The molecule has 64 heavy (non-hydrogen) atoms. The molecular formula is C63H45N. The second-order valence-electron chi connectivity index (χ2n) is 18.0. The fourth-order valence-corrected chi connectivity index (χ4v) is 12.9. The van der Waals surface area contributed by atoms with Crippen molar-refractivity contribution in [3.8, 4) is 33.4 Å². The maximum atomic E-state index is 2.63. The van der Waals surface area contributed by atoms with Crippen LogP contribution in [-0.4, -0.2) is 0 Å². The summed E-state index contributed by atoms with van der Waals surface area (Å²) in [6.45, 7) is 2.55. The number of anilines is 3. The molecule has 302 valence electrons. The minimum atomic E-state index is -0.614. The minimum Gasteiger partial charge on any atom is -0.309 e. The predicted octanol–water partition coefficient (Wildman–Crippen LogP) is 15.7. The molecule has 0 aromatic heterocycles. The molecule has 1 heteroatoms. The number of nitrogens with zero attached hydrogens (tertiary/aromatic N) is 1. The van der Waals surface area contributed by atoms with Gasteiger partial charge in [-0.3, -0.25) is 0 Å². The third kappa shape index (κ3) is 4.68. The van der Waals surface area contributed by atoms with Crippen molar-refractivity contribution < 1.29 is 0 Å². The molecule has 0 bridgehead atoms. The first-order chi connectivity index (χ1) is 31.7. The SMILES string of the molecule is C[C@]12C=CC=CC1c1ccccc1C21c2ccccc2C2(c3ccccc3-c3ccccc32)c2cccc(N(c3ccccc3-c3ccccc3)c3ccccc3-c3ccccc3)c21. The molecule has 2 spiro atoms. The molecule has 0 saturated heterocycles. The van der Waals surface area contributed by atoms with Gasteiger partial charge < -0.3 is 4.90 Å². The first-order valence-corrected chi connectivity index (χ1v) is 22.6. The van der Waals surface area contributed by atoms with E-state index in [0.29, 0.717) is 0 Å². The molecule has 9 aromatic carbocycles. The largest absolute Gasteiger partial charge is 0.309 e. The van der Waals surface area contributed by atoms with E-state index < -0.39 is 10.8 Å². The summed E-state index contributed by atoms with van der Waals surface area (Å²) in [6, 6.07) is 84.5. The van der Waals surface area contributed by atoms with Crippen molar-refractivity contribution in [3.63, 3.8) is 0 Å². The van der Waals surface area contributed by atoms with E-state index in [9.17, 15) is 0 Å². The zero-order chi connectivity index (χ0) is 42.5. The van der Waals surface area contributed by atoms with E-state index in [1.54, 1.807) is 0 Å². The highest BCUT2D eigenvalue weighted by Gasteiger charge is 2.67. The number of allylic oxidation sites excluding steroid dienone is 4. The second kappa shape index (κ2) is 13.9. The summed E-state index contributed by atoms with van der Waals surface area (Å²) in [5.41, 5.74) is 20.0. The lowest BCUT2D eigenvalue weighted by Crippen LogP contribution is -2.51. The minimum absolute atomic E-state index is 0.154. The van der Waals surface area contributed by atoms with Crippen molar-refractivity contribution in [2.45, 2.75) is 23.7 Å². The Hall–Kier alpha value is -7.74. The van der Waals surface area contributed by atoms with Crippen molar-refractivity contribution in [1.29, 1.82) is 0 Å². The van der Waals surface area contributed by atoms with Crippen molar-refractivity contribution in [1.82, 2.24) is 0 Å². The highest BCUT2D eigenvalue weighted by atomic mass is 15.2. The molecule has 0 amide bonds. The fourth-order valence-electron chi connectivity index (χ4n) is 12.9. The van der Waals surface area contributed by atoms with Gasteiger partial charge in [0.2, 0.25) is 0 Å². The van der Waals surface area contributed by atoms with E-state index in [0.717, 1.165) is 11.4 Å². The zero-order valence-corrected chi connectivity index (χ0v) is 35.7. The smallest absolute Gasteiger partial charge is 0.0720 e. The first-order valence-electron chi connectivity index (χ1n) is 22.6. The molecule has 0 saturated carbocycles. The Morgan fingerprint density at radius 2 is 0.812 bits per heavy atom. The van der Waals surface area contributed by atoms with E-state index in [-0.39, 0.29) is 11.3 Å². The summed E-state index contributed by atoms with van der Waals surface area (Å²) < 4.78 is 0. The van der Waals surface area contributed by atoms with Crippen molar-refractivity contribution in [2.75, 3.05) is 4.90 Å². The van der Waals surface area contributed by atoms with Crippen LogP contribution in [0, 0.1) is 5.41 Å². The monoisotopic (exact) mass is 815 g/mol. The average molecular weight is 816 g/mol. The normalized spacial score (nSPS) is 19.9. The molecule has 4 aliphatic carbocycles. The van der Waals surface area contributed by atoms with E-state index >= 15 is 0 Å². The van der Waals surface area contributed by atoms with E-state index in [4.69, 9.17) is 0 Å². The molecule has 13 rings (SSSR count). The van der Waals surface area contributed by atoms with Crippen molar-refractivity contribution in [3.05, 3.63) is 293 Å². The van der Waals surface area contributed by atoms with Crippen LogP contribution in [0.2, 0.25) is 0 Å². The van der Waals surface area contributed by atoms with E-state index in [1.165, 1.54) is 83.6 Å². The quantitative estimate of drug-likeness (QED) is 0.167. The van der Waals surface area contributed by atoms with Crippen LogP contribution < -0.4 is 4.90 Å². The topological polar surface area (TPSA) is 3.24 Å². The standard InChI is InChI=1S/C63H45N/c1-61-42-21-20-32-50(61)49-31-10-15-35-53(49)63(61)55-37-17-16-36-54(55)62(51-33-13-8-29-47(51)48-30-9-14-34-52(48)62)56-38-22-41-59(60(56)63)64(57-39-18-11-27-45(57)43-23-4-2-5-24-43)58-40-19-12-28-46(58)44-25-6-3-7-26-44/h2-42,50H,1H3/t50?,61-,63?/m0/s1. The maximum absolute atomic E-state index is 2.63. The van der Waals surface area contributed by atoms with Gasteiger partial charge in [0.15, 0.2) is 0 Å². The van der Waals surface area contributed by atoms with Crippen LogP contribution in [0.15, 0.2) is 249 Å². The number of hydrogen-bond acceptors (Lipinski definition) is 1. The summed E-state index contributed by atoms with van der Waals surface area (Å²) in [5.74, 6) is 0.154. The van der Waals surface area contributed by atoms with Crippen LogP contribution in [0.1, 0.15) is 57.3 Å². The average Bonchev–Trinajstić information content (AvgIpc) is 3.79. The molecule has 0 heterocycles. The number of hydrogen-bond donors (Lipinski definition) is 0. The summed E-state index contributed by atoms with van der Waals surface area (Å²) in [6.07, 6.45) is 9.60. The van der Waals surface area contributed by atoms with Gasteiger partial charge >= 0.3 is 0 Å². The molecule has 1 nitrogen and oxygen atoms in total. The van der Waals surface area contributed by atoms with Gasteiger partial charge in [-0.2, -0.15) is 0 Å². The van der Waals surface area contributed by atoms with Crippen LogP contribution >= 0.6 is 0 Å². The third-order valence-corrected chi connectivity index (χ3v) is 15.2. The lowest BCUT2D eigenvalue weighted by atomic mass is 9.46. The molecule has 0 N–H and O–H groups in total. The Balaban J connectivity index is 1.26. The van der Waals surface area contributed by atoms with Gasteiger partial charge in [-0.15, -0.1) is 0 Å². The van der Waals surface area contributed by atoms with E-state index in [2.05, 4.69) is 261 Å². The first kappa shape index (κ1) is 36.9. The fraction of sp³-hybridized carbons (Fsp3) is 0.0794. The summed E-state index contributed by atoms with van der Waals surface area (Å²) in [5, 5.41) is 0. The lowest BCUT2D eigenvalue weighted by Gasteiger charge is -2.56. The Kier molecular flexibility index (Phi) is 8.00. The highest BCUT2D eigenvalue weighted by Crippen LogP contribution is 2.74. The lowest BCUT2D eigenvalue weighted by molar-refractivity contribution is 0.279. The number of para-hydroxylation sites is 2. The zero-order valence-electron chi connectivity index (χ0n) is 35.7. The van der Waals surface area contributed by atoms with Crippen LogP contribution in [0.4, 0.5) is 17.1 Å². The molecular weight excluding hydrogens is 771 g/mol. The molecule has 4 aliphatic rings. The summed E-state index contributed by atoms with van der Waals surface area (Å²) in [4.78, 5) is 2.63. The number of benzene rings is 9. The van der Waals surface area contributed by atoms with E-state index in [1.807, 2.05) is 0 Å². The predicted molar refractivity (Wildman–Crippen MR) is 265 cm³/mol. The summed E-state index contributed by atoms with van der Waals surface area (Å²) >= 11 is 0. The van der Waals surface area contributed by atoms with Gasteiger partial charge in [-0.05, 0) is 85.0 Å². The number of fused-ring (bicyclic) bond motifs is 16. The molecule has 3 atom stereocenters. The Labute approximate surface area is 376 Å². The van der Waals surface area contributed by atoms with Gasteiger partial charge in [0.25, 0.3) is 0 Å².